The highest BCUT2D eigenvalue weighted by Gasteiger charge is 2.27. The summed E-state index contributed by atoms with van der Waals surface area (Å²) >= 11 is 0. The summed E-state index contributed by atoms with van der Waals surface area (Å²) in [6, 6.07) is 18.8. The molecule has 1 heterocycles. The lowest BCUT2D eigenvalue weighted by Crippen LogP contribution is -2.40. The highest BCUT2D eigenvalue weighted by Crippen LogP contribution is 2.31. The molecule has 8 nitrogen and oxygen atoms in total. The molecule has 0 fully saturated rings. The fraction of sp³-hybridized carbons (Fsp3) is 0.167. The number of nitrogens with one attached hydrogen (secondary N) is 2. The maximum atomic E-state index is 12.6. The molecular weight excluding hydrogens is 412 g/mol. The molecule has 8 heteroatoms. The van der Waals surface area contributed by atoms with E-state index in [2.05, 4.69) is 10.6 Å². The second-order valence-electron chi connectivity index (χ2n) is 6.95. The first-order chi connectivity index (χ1) is 15.6. The van der Waals surface area contributed by atoms with Crippen molar-refractivity contribution in [1.82, 2.24) is 0 Å². The number of ether oxygens (including phenoxy) is 4. The molecular formula is C24H22N2O6. The highest BCUT2D eigenvalue weighted by molar-refractivity contribution is 6.05. The SMILES string of the molecule is COc1ccc(NC(=O)c2ccc(NC(=O)[C@H]3COc4ccccc4O3)cc2)c(OC)c1. The van der Waals surface area contributed by atoms with Crippen molar-refractivity contribution >= 4 is 23.2 Å². The normalized spacial score (nSPS) is 14.2. The molecule has 32 heavy (non-hydrogen) atoms. The highest BCUT2D eigenvalue weighted by atomic mass is 16.6. The number of methoxy groups -OCH3 is 2. The van der Waals surface area contributed by atoms with Gasteiger partial charge < -0.3 is 29.6 Å². The molecule has 2 amide bonds. The minimum absolute atomic E-state index is 0.118. The second-order valence-corrected chi connectivity index (χ2v) is 6.95. The molecule has 1 aliphatic heterocycles. The van der Waals surface area contributed by atoms with Crippen LogP contribution in [0.4, 0.5) is 11.4 Å². The van der Waals surface area contributed by atoms with Gasteiger partial charge in [-0.05, 0) is 48.5 Å². The maximum absolute atomic E-state index is 12.6. The number of para-hydroxylation sites is 2. The minimum Gasteiger partial charge on any atom is -0.497 e. The number of hydrogen-bond donors (Lipinski definition) is 2. The Kier molecular flexibility index (Phi) is 6.12. The number of carbonyl (C=O) groups excluding carboxylic acids is 2. The van der Waals surface area contributed by atoms with Crippen molar-refractivity contribution in [1.29, 1.82) is 0 Å². The number of rotatable bonds is 6. The quantitative estimate of drug-likeness (QED) is 0.614. The molecule has 0 spiro atoms. The maximum Gasteiger partial charge on any atom is 0.269 e. The molecule has 2 N–H and O–H groups in total. The van der Waals surface area contributed by atoms with Crippen LogP contribution in [0.1, 0.15) is 10.4 Å². The Morgan fingerprint density at radius 2 is 1.66 bits per heavy atom. The van der Waals surface area contributed by atoms with E-state index in [0.717, 1.165) is 0 Å². The van der Waals surface area contributed by atoms with E-state index in [0.29, 0.717) is 39.9 Å². The molecule has 3 aromatic carbocycles. The lowest BCUT2D eigenvalue weighted by molar-refractivity contribution is -0.125. The Hall–Kier alpha value is -4.20. The molecule has 1 aliphatic rings. The predicted octanol–water partition coefficient (Wildman–Crippen LogP) is 3.73. The van der Waals surface area contributed by atoms with Crippen LogP contribution in [0.15, 0.2) is 66.7 Å². The Bertz CT molecular complexity index is 1130. The Labute approximate surface area is 185 Å². The molecule has 0 unspecified atom stereocenters. The van der Waals surface area contributed by atoms with E-state index in [1.807, 2.05) is 12.1 Å². The number of anilines is 2. The van der Waals surface area contributed by atoms with Gasteiger partial charge in [0.05, 0.1) is 19.9 Å². The Morgan fingerprint density at radius 3 is 2.38 bits per heavy atom. The molecule has 0 saturated carbocycles. The predicted molar refractivity (Wildman–Crippen MR) is 119 cm³/mol. The van der Waals surface area contributed by atoms with Crippen LogP contribution >= 0.6 is 0 Å². The van der Waals surface area contributed by atoms with Gasteiger partial charge in [0.2, 0.25) is 6.10 Å². The van der Waals surface area contributed by atoms with Gasteiger partial charge in [-0.2, -0.15) is 0 Å². The first-order valence-corrected chi connectivity index (χ1v) is 9.90. The molecule has 3 aromatic rings. The third-order valence-electron chi connectivity index (χ3n) is 4.87. The summed E-state index contributed by atoms with van der Waals surface area (Å²) in [5.74, 6) is 1.60. The fourth-order valence-electron chi connectivity index (χ4n) is 3.17. The molecule has 1 atom stereocenters. The average Bonchev–Trinajstić information content (AvgIpc) is 2.84. The van der Waals surface area contributed by atoms with Crippen LogP contribution in [0.25, 0.3) is 0 Å². The van der Waals surface area contributed by atoms with Crippen LogP contribution in [0, 0.1) is 0 Å². The number of amides is 2. The van der Waals surface area contributed by atoms with E-state index >= 15 is 0 Å². The summed E-state index contributed by atoms with van der Waals surface area (Å²) in [5.41, 5.74) is 1.48. The van der Waals surface area contributed by atoms with Crippen molar-refractivity contribution in [3.05, 3.63) is 72.3 Å². The first kappa shape index (κ1) is 21.0. The zero-order chi connectivity index (χ0) is 22.5. The lowest BCUT2D eigenvalue weighted by atomic mass is 10.1. The van der Waals surface area contributed by atoms with Crippen molar-refractivity contribution in [2.45, 2.75) is 6.10 Å². The van der Waals surface area contributed by atoms with E-state index in [1.54, 1.807) is 61.7 Å². The van der Waals surface area contributed by atoms with Crippen LogP contribution in [0.5, 0.6) is 23.0 Å². The summed E-state index contributed by atoms with van der Waals surface area (Å²) in [5, 5.41) is 5.59. The van der Waals surface area contributed by atoms with Gasteiger partial charge in [0, 0.05) is 17.3 Å². The topological polar surface area (TPSA) is 95.1 Å². The summed E-state index contributed by atoms with van der Waals surface area (Å²) in [7, 11) is 3.07. The van der Waals surface area contributed by atoms with Gasteiger partial charge in [0.15, 0.2) is 11.5 Å². The Morgan fingerprint density at radius 1 is 0.906 bits per heavy atom. The van der Waals surface area contributed by atoms with E-state index in [1.165, 1.54) is 7.11 Å². The number of benzene rings is 3. The molecule has 164 valence electrons. The lowest BCUT2D eigenvalue weighted by Gasteiger charge is -2.25. The zero-order valence-corrected chi connectivity index (χ0v) is 17.6. The fourth-order valence-corrected chi connectivity index (χ4v) is 3.17. The van der Waals surface area contributed by atoms with E-state index in [9.17, 15) is 9.59 Å². The summed E-state index contributed by atoms with van der Waals surface area (Å²) in [6.07, 6.45) is -0.768. The molecule has 4 rings (SSSR count). The van der Waals surface area contributed by atoms with Crippen molar-refractivity contribution in [3.63, 3.8) is 0 Å². The van der Waals surface area contributed by atoms with Crippen LogP contribution < -0.4 is 29.6 Å². The van der Waals surface area contributed by atoms with Crippen molar-refractivity contribution in [2.24, 2.45) is 0 Å². The van der Waals surface area contributed by atoms with Gasteiger partial charge in [-0.3, -0.25) is 9.59 Å². The third-order valence-corrected chi connectivity index (χ3v) is 4.87. The van der Waals surface area contributed by atoms with Crippen LogP contribution in [-0.4, -0.2) is 38.7 Å². The van der Waals surface area contributed by atoms with Crippen molar-refractivity contribution < 1.29 is 28.5 Å². The van der Waals surface area contributed by atoms with Gasteiger partial charge >= 0.3 is 0 Å². The number of carbonyl (C=O) groups is 2. The second kappa shape index (κ2) is 9.30. The van der Waals surface area contributed by atoms with Crippen molar-refractivity contribution in [3.8, 4) is 23.0 Å². The summed E-state index contributed by atoms with van der Waals surface area (Å²) in [6.45, 7) is 0.118. The van der Waals surface area contributed by atoms with Gasteiger partial charge in [-0.1, -0.05) is 12.1 Å². The molecule has 0 aliphatic carbocycles. The largest absolute Gasteiger partial charge is 0.497 e. The van der Waals surface area contributed by atoms with E-state index in [-0.39, 0.29) is 18.4 Å². The molecule has 0 bridgehead atoms. The van der Waals surface area contributed by atoms with Gasteiger partial charge in [-0.25, -0.2) is 0 Å². The smallest absolute Gasteiger partial charge is 0.269 e. The molecule has 0 aromatic heterocycles. The summed E-state index contributed by atoms with van der Waals surface area (Å²) < 4.78 is 21.8. The van der Waals surface area contributed by atoms with E-state index < -0.39 is 6.10 Å². The minimum atomic E-state index is -0.768. The summed E-state index contributed by atoms with van der Waals surface area (Å²) in [4.78, 5) is 25.2. The Balaban J connectivity index is 1.38. The van der Waals surface area contributed by atoms with Crippen LogP contribution in [0.3, 0.4) is 0 Å². The number of hydrogen-bond acceptors (Lipinski definition) is 6. The standard InChI is InChI=1S/C24H22N2O6/c1-29-17-11-12-18(21(13-17)30-2)26-23(27)15-7-9-16(10-8-15)25-24(28)22-14-31-19-5-3-4-6-20(19)32-22/h3-13,22H,14H2,1-2H3,(H,25,28)(H,26,27)/t22-/m1/s1. The van der Waals surface area contributed by atoms with Gasteiger partial charge in [0.25, 0.3) is 11.8 Å². The van der Waals surface area contributed by atoms with E-state index in [4.69, 9.17) is 18.9 Å². The third kappa shape index (κ3) is 4.59. The van der Waals surface area contributed by atoms with Crippen LogP contribution in [0.2, 0.25) is 0 Å². The van der Waals surface area contributed by atoms with Crippen LogP contribution in [-0.2, 0) is 4.79 Å². The monoisotopic (exact) mass is 434 g/mol. The molecule has 0 saturated heterocycles. The molecule has 0 radical (unpaired) electrons. The number of fused-ring (bicyclic) bond motifs is 1. The van der Waals surface area contributed by atoms with Gasteiger partial charge in [0.1, 0.15) is 18.1 Å². The van der Waals surface area contributed by atoms with Crippen molar-refractivity contribution in [2.75, 3.05) is 31.5 Å². The average molecular weight is 434 g/mol. The first-order valence-electron chi connectivity index (χ1n) is 9.90. The van der Waals surface area contributed by atoms with Gasteiger partial charge in [-0.15, -0.1) is 0 Å². The zero-order valence-electron chi connectivity index (χ0n) is 17.6.